The number of fused-ring (bicyclic) bond motifs is 2. The van der Waals surface area contributed by atoms with Gasteiger partial charge in [-0.2, -0.15) is 0 Å². The molecule has 108 valence electrons. The lowest BCUT2D eigenvalue weighted by Gasteiger charge is -2.23. The van der Waals surface area contributed by atoms with Crippen LogP contribution in [0.3, 0.4) is 0 Å². The molecule has 4 nitrogen and oxygen atoms in total. The molecule has 2 amide bonds. The number of methoxy groups -OCH3 is 1. The van der Waals surface area contributed by atoms with Crippen LogP contribution < -0.4 is 15.4 Å². The summed E-state index contributed by atoms with van der Waals surface area (Å²) in [7, 11) is 1.48. The van der Waals surface area contributed by atoms with Gasteiger partial charge in [-0.1, -0.05) is 6.42 Å². The predicted molar refractivity (Wildman–Crippen MR) is 74.3 cm³/mol. The van der Waals surface area contributed by atoms with E-state index in [1.165, 1.54) is 38.5 Å². The number of carbonyl (C=O) groups excluding carboxylic acids is 1. The van der Waals surface area contributed by atoms with Gasteiger partial charge in [-0.15, -0.1) is 0 Å². The first kappa shape index (κ1) is 13.2. The van der Waals surface area contributed by atoms with Crippen molar-refractivity contribution in [2.24, 2.45) is 11.8 Å². The van der Waals surface area contributed by atoms with Crippen molar-refractivity contribution in [3.8, 4) is 5.75 Å². The number of urea groups is 1. The van der Waals surface area contributed by atoms with Gasteiger partial charge in [0, 0.05) is 12.1 Å². The Balaban J connectivity index is 1.59. The maximum Gasteiger partial charge on any atom is 0.319 e. The molecule has 2 bridgehead atoms. The maximum absolute atomic E-state index is 13.7. The van der Waals surface area contributed by atoms with Crippen LogP contribution in [0.15, 0.2) is 18.2 Å². The molecule has 0 aliphatic heterocycles. The molecule has 0 spiro atoms. The zero-order valence-corrected chi connectivity index (χ0v) is 11.5. The summed E-state index contributed by atoms with van der Waals surface area (Å²) in [6.45, 7) is 0. The minimum absolute atomic E-state index is 0.173. The normalized spacial score (nSPS) is 27.4. The van der Waals surface area contributed by atoms with E-state index in [1.807, 2.05) is 0 Å². The van der Waals surface area contributed by atoms with Gasteiger partial charge < -0.3 is 15.4 Å². The SMILES string of the molecule is COc1ccc(NC(=O)N[C@@H]2C[C@@H]3CC[C@H]2C3)c(F)c1. The van der Waals surface area contributed by atoms with E-state index in [0.29, 0.717) is 11.7 Å². The smallest absolute Gasteiger partial charge is 0.319 e. The molecule has 2 aliphatic rings. The van der Waals surface area contributed by atoms with Crippen molar-refractivity contribution in [3.05, 3.63) is 24.0 Å². The molecule has 0 aromatic heterocycles. The van der Waals surface area contributed by atoms with E-state index >= 15 is 0 Å². The Kier molecular flexibility index (Phi) is 3.51. The molecule has 0 saturated heterocycles. The molecule has 2 saturated carbocycles. The van der Waals surface area contributed by atoms with Gasteiger partial charge in [0.1, 0.15) is 11.6 Å². The number of halogens is 1. The zero-order chi connectivity index (χ0) is 14.1. The summed E-state index contributed by atoms with van der Waals surface area (Å²) in [6.07, 6.45) is 4.77. The number of anilines is 1. The fraction of sp³-hybridized carbons (Fsp3) is 0.533. The first-order chi connectivity index (χ1) is 9.65. The van der Waals surface area contributed by atoms with Crippen molar-refractivity contribution in [3.63, 3.8) is 0 Å². The Labute approximate surface area is 117 Å². The van der Waals surface area contributed by atoms with E-state index in [9.17, 15) is 9.18 Å². The van der Waals surface area contributed by atoms with Crippen LogP contribution in [0.1, 0.15) is 25.7 Å². The van der Waals surface area contributed by atoms with Crippen LogP contribution in [0, 0.1) is 17.7 Å². The van der Waals surface area contributed by atoms with E-state index in [2.05, 4.69) is 10.6 Å². The molecule has 5 heteroatoms. The third-order valence-corrected chi connectivity index (χ3v) is 4.48. The number of benzene rings is 1. The number of nitrogens with one attached hydrogen (secondary N) is 2. The molecule has 2 fully saturated rings. The third-order valence-electron chi connectivity index (χ3n) is 4.48. The highest BCUT2D eigenvalue weighted by Gasteiger charge is 2.40. The van der Waals surface area contributed by atoms with Gasteiger partial charge >= 0.3 is 6.03 Å². The molecular weight excluding hydrogens is 259 g/mol. The Hall–Kier alpha value is -1.78. The fourth-order valence-corrected chi connectivity index (χ4v) is 3.47. The van der Waals surface area contributed by atoms with Crippen LogP contribution in [0.25, 0.3) is 0 Å². The van der Waals surface area contributed by atoms with Crippen molar-refractivity contribution in [2.75, 3.05) is 12.4 Å². The van der Waals surface area contributed by atoms with Gasteiger partial charge in [0.15, 0.2) is 0 Å². The van der Waals surface area contributed by atoms with Crippen LogP contribution in [-0.2, 0) is 0 Å². The van der Waals surface area contributed by atoms with Gasteiger partial charge in [-0.3, -0.25) is 0 Å². The van der Waals surface area contributed by atoms with Crippen molar-refractivity contribution < 1.29 is 13.9 Å². The molecular formula is C15H19FN2O2. The lowest BCUT2D eigenvalue weighted by molar-refractivity contribution is 0.242. The van der Waals surface area contributed by atoms with E-state index in [4.69, 9.17) is 4.74 Å². The van der Waals surface area contributed by atoms with Crippen molar-refractivity contribution in [2.45, 2.75) is 31.7 Å². The Morgan fingerprint density at radius 1 is 1.35 bits per heavy atom. The molecule has 0 radical (unpaired) electrons. The summed E-state index contributed by atoms with van der Waals surface area (Å²) in [4.78, 5) is 11.9. The van der Waals surface area contributed by atoms with Gasteiger partial charge in [0.2, 0.25) is 0 Å². The molecule has 20 heavy (non-hydrogen) atoms. The highest BCUT2D eigenvalue weighted by molar-refractivity contribution is 5.89. The number of ether oxygens (including phenoxy) is 1. The summed E-state index contributed by atoms with van der Waals surface area (Å²) in [5.74, 6) is 1.31. The van der Waals surface area contributed by atoms with Gasteiger partial charge in [0.05, 0.1) is 12.8 Å². The standard InChI is InChI=1S/C15H19FN2O2/c1-20-11-4-5-13(12(16)8-11)17-15(19)18-14-7-9-2-3-10(14)6-9/h4-5,8-10,14H,2-3,6-7H2,1H3,(H2,17,18,19)/t9-,10+,14-/m1/s1. The Morgan fingerprint density at radius 3 is 2.80 bits per heavy atom. The second kappa shape index (κ2) is 5.31. The Bertz CT molecular complexity index is 521. The molecule has 1 aromatic rings. The topological polar surface area (TPSA) is 50.4 Å². The van der Waals surface area contributed by atoms with Gasteiger partial charge in [0.25, 0.3) is 0 Å². The number of carbonyl (C=O) groups is 1. The monoisotopic (exact) mass is 278 g/mol. The number of amides is 2. The average molecular weight is 278 g/mol. The highest BCUT2D eigenvalue weighted by Crippen LogP contribution is 2.44. The second-order valence-electron chi connectivity index (χ2n) is 5.73. The van der Waals surface area contributed by atoms with Crippen molar-refractivity contribution >= 4 is 11.7 Å². The third kappa shape index (κ3) is 2.57. The predicted octanol–water partition coefficient (Wildman–Crippen LogP) is 3.14. The van der Waals surface area contributed by atoms with E-state index in [0.717, 1.165) is 12.3 Å². The Morgan fingerprint density at radius 2 is 2.20 bits per heavy atom. The van der Waals surface area contributed by atoms with E-state index in [1.54, 1.807) is 6.07 Å². The summed E-state index contributed by atoms with van der Waals surface area (Å²) in [5, 5.41) is 5.53. The number of rotatable bonds is 3. The molecule has 1 aromatic carbocycles. The molecule has 3 atom stereocenters. The quantitative estimate of drug-likeness (QED) is 0.892. The van der Waals surface area contributed by atoms with Crippen LogP contribution in [0.4, 0.5) is 14.9 Å². The molecule has 0 heterocycles. The van der Waals surface area contributed by atoms with Crippen LogP contribution >= 0.6 is 0 Å². The molecule has 0 unspecified atom stereocenters. The molecule has 2 aliphatic carbocycles. The van der Waals surface area contributed by atoms with Gasteiger partial charge in [-0.25, -0.2) is 9.18 Å². The number of hydrogen-bond acceptors (Lipinski definition) is 2. The lowest BCUT2D eigenvalue weighted by atomic mass is 9.95. The molecule has 3 rings (SSSR count). The minimum atomic E-state index is -0.493. The zero-order valence-electron chi connectivity index (χ0n) is 11.5. The summed E-state index contributed by atoms with van der Waals surface area (Å²) in [5.41, 5.74) is 0.173. The van der Waals surface area contributed by atoms with E-state index in [-0.39, 0.29) is 17.8 Å². The summed E-state index contributed by atoms with van der Waals surface area (Å²) < 4.78 is 18.7. The van der Waals surface area contributed by atoms with Crippen LogP contribution in [0.2, 0.25) is 0 Å². The minimum Gasteiger partial charge on any atom is -0.497 e. The largest absolute Gasteiger partial charge is 0.497 e. The number of hydrogen-bond donors (Lipinski definition) is 2. The first-order valence-electron chi connectivity index (χ1n) is 7.07. The van der Waals surface area contributed by atoms with Crippen LogP contribution in [0.5, 0.6) is 5.75 Å². The first-order valence-corrected chi connectivity index (χ1v) is 7.07. The maximum atomic E-state index is 13.7. The lowest BCUT2D eigenvalue weighted by Crippen LogP contribution is -2.41. The average Bonchev–Trinajstić information content (AvgIpc) is 3.03. The summed E-state index contributed by atoms with van der Waals surface area (Å²) in [6, 6.07) is 4.31. The van der Waals surface area contributed by atoms with E-state index < -0.39 is 5.82 Å². The summed E-state index contributed by atoms with van der Waals surface area (Å²) >= 11 is 0. The van der Waals surface area contributed by atoms with Crippen LogP contribution in [-0.4, -0.2) is 19.2 Å². The van der Waals surface area contributed by atoms with Crippen molar-refractivity contribution in [1.82, 2.24) is 5.32 Å². The second-order valence-corrected chi connectivity index (χ2v) is 5.73. The highest BCUT2D eigenvalue weighted by atomic mass is 19.1. The molecule has 2 N–H and O–H groups in total. The van der Waals surface area contributed by atoms with Gasteiger partial charge in [-0.05, 0) is 43.2 Å². The van der Waals surface area contributed by atoms with Crippen molar-refractivity contribution in [1.29, 1.82) is 0 Å². The fourth-order valence-electron chi connectivity index (χ4n) is 3.47.